The fourth-order valence-corrected chi connectivity index (χ4v) is 4.09. The van der Waals surface area contributed by atoms with Gasteiger partial charge in [-0.15, -0.1) is 11.8 Å². The zero-order valence-electron chi connectivity index (χ0n) is 15.0. The third kappa shape index (κ3) is 4.97. The SMILES string of the molecule is CSc1ccccc1C(=O)N(CCN1CCOCC1)C1CCOCC1. The van der Waals surface area contributed by atoms with Crippen LogP contribution in [0.1, 0.15) is 23.2 Å². The van der Waals surface area contributed by atoms with Crippen molar-refractivity contribution in [2.45, 2.75) is 23.8 Å². The Morgan fingerprint density at radius 1 is 1.16 bits per heavy atom. The lowest BCUT2D eigenvalue weighted by Gasteiger charge is -2.37. The zero-order valence-corrected chi connectivity index (χ0v) is 15.8. The van der Waals surface area contributed by atoms with E-state index in [0.29, 0.717) is 0 Å². The van der Waals surface area contributed by atoms with Crippen LogP contribution in [0, 0.1) is 0 Å². The Bertz CT molecular complexity index is 557. The fourth-order valence-electron chi connectivity index (χ4n) is 3.50. The second kappa shape index (κ2) is 9.57. The highest BCUT2D eigenvalue weighted by Gasteiger charge is 2.28. The minimum atomic E-state index is 0.158. The molecule has 5 nitrogen and oxygen atoms in total. The van der Waals surface area contributed by atoms with Crippen LogP contribution in [0.5, 0.6) is 0 Å². The molecule has 1 amide bonds. The monoisotopic (exact) mass is 364 g/mol. The lowest BCUT2D eigenvalue weighted by molar-refractivity contribution is 0.0140. The summed E-state index contributed by atoms with van der Waals surface area (Å²) in [7, 11) is 0. The van der Waals surface area contributed by atoms with Crippen molar-refractivity contribution in [1.82, 2.24) is 9.80 Å². The molecular formula is C19H28N2O3S. The van der Waals surface area contributed by atoms with Crippen LogP contribution in [0.15, 0.2) is 29.2 Å². The van der Waals surface area contributed by atoms with Crippen LogP contribution in [0.4, 0.5) is 0 Å². The third-order valence-electron chi connectivity index (χ3n) is 4.99. The Labute approximate surface area is 154 Å². The standard InChI is InChI=1S/C19H28N2O3S/c1-25-18-5-3-2-4-17(18)19(22)21(16-6-12-23-13-7-16)9-8-20-10-14-24-15-11-20/h2-5,16H,6-15H2,1H3. The minimum Gasteiger partial charge on any atom is -0.381 e. The molecule has 25 heavy (non-hydrogen) atoms. The van der Waals surface area contributed by atoms with Crippen LogP contribution in [0.2, 0.25) is 0 Å². The van der Waals surface area contributed by atoms with Crippen molar-refractivity contribution in [1.29, 1.82) is 0 Å². The van der Waals surface area contributed by atoms with Gasteiger partial charge in [0.2, 0.25) is 0 Å². The fraction of sp³-hybridized carbons (Fsp3) is 0.632. The van der Waals surface area contributed by atoms with Crippen LogP contribution >= 0.6 is 11.8 Å². The Kier molecular flexibility index (Phi) is 7.16. The van der Waals surface area contributed by atoms with Crippen LogP contribution in [-0.4, -0.2) is 80.6 Å². The molecule has 2 aliphatic rings. The van der Waals surface area contributed by atoms with Gasteiger partial charge in [-0.05, 0) is 31.2 Å². The van der Waals surface area contributed by atoms with E-state index in [-0.39, 0.29) is 11.9 Å². The molecule has 0 unspecified atom stereocenters. The maximum Gasteiger partial charge on any atom is 0.255 e. The molecule has 2 fully saturated rings. The average Bonchev–Trinajstić information content (AvgIpc) is 2.69. The first kappa shape index (κ1) is 18.7. The maximum absolute atomic E-state index is 13.3. The lowest BCUT2D eigenvalue weighted by Crippen LogP contribution is -2.48. The van der Waals surface area contributed by atoms with Gasteiger partial charge in [0.15, 0.2) is 0 Å². The number of amides is 1. The predicted octanol–water partition coefficient (Wildman–Crippen LogP) is 2.36. The first-order chi connectivity index (χ1) is 12.3. The molecule has 0 radical (unpaired) electrons. The highest BCUT2D eigenvalue weighted by Crippen LogP contribution is 2.24. The molecule has 1 aromatic rings. The van der Waals surface area contributed by atoms with E-state index in [0.717, 1.165) is 75.9 Å². The van der Waals surface area contributed by atoms with Gasteiger partial charge < -0.3 is 14.4 Å². The summed E-state index contributed by atoms with van der Waals surface area (Å²) in [5.74, 6) is 0.158. The number of rotatable bonds is 6. The summed E-state index contributed by atoms with van der Waals surface area (Å²) in [4.78, 5) is 18.9. The summed E-state index contributed by atoms with van der Waals surface area (Å²) >= 11 is 1.63. The van der Waals surface area contributed by atoms with Gasteiger partial charge in [-0.25, -0.2) is 0 Å². The van der Waals surface area contributed by atoms with Gasteiger partial charge >= 0.3 is 0 Å². The van der Waals surface area contributed by atoms with Crippen molar-refractivity contribution in [3.8, 4) is 0 Å². The second-order valence-electron chi connectivity index (χ2n) is 6.50. The third-order valence-corrected chi connectivity index (χ3v) is 5.79. The number of thioether (sulfide) groups is 1. The van der Waals surface area contributed by atoms with E-state index in [1.54, 1.807) is 11.8 Å². The molecule has 0 spiro atoms. The van der Waals surface area contributed by atoms with Crippen molar-refractivity contribution in [2.75, 3.05) is 58.9 Å². The zero-order chi connectivity index (χ0) is 17.5. The first-order valence-electron chi connectivity index (χ1n) is 9.11. The Morgan fingerprint density at radius 2 is 1.84 bits per heavy atom. The summed E-state index contributed by atoms with van der Waals surface area (Å²) in [5.41, 5.74) is 0.823. The van der Waals surface area contributed by atoms with Gasteiger partial charge in [-0.1, -0.05) is 12.1 Å². The molecular weight excluding hydrogens is 336 g/mol. The molecule has 0 bridgehead atoms. The van der Waals surface area contributed by atoms with Crippen molar-refractivity contribution in [3.05, 3.63) is 29.8 Å². The van der Waals surface area contributed by atoms with Gasteiger partial charge in [0.25, 0.3) is 5.91 Å². The number of carbonyl (C=O) groups excluding carboxylic acids is 1. The molecule has 0 aromatic heterocycles. The normalized spacial score (nSPS) is 19.7. The van der Waals surface area contributed by atoms with Crippen LogP contribution in [0.3, 0.4) is 0 Å². The van der Waals surface area contributed by atoms with E-state index in [2.05, 4.69) is 9.80 Å². The van der Waals surface area contributed by atoms with Crippen molar-refractivity contribution < 1.29 is 14.3 Å². The van der Waals surface area contributed by atoms with E-state index in [9.17, 15) is 4.79 Å². The van der Waals surface area contributed by atoms with Gasteiger partial charge in [0.1, 0.15) is 0 Å². The van der Waals surface area contributed by atoms with Gasteiger partial charge in [0.05, 0.1) is 18.8 Å². The quantitative estimate of drug-likeness (QED) is 0.725. The topological polar surface area (TPSA) is 42.0 Å². The molecule has 0 aliphatic carbocycles. The van der Waals surface area contributed by atoms with Gasteiger partial charge in [0, 0.05) is 50.3 Å². The molecule has 2 saturated heterocycles. The molecule has 3 rings (SSSR count). The van der Waals surface area contributed by atoms with Crippen molar-refractivity contribution in [2.24, 2.45) is 0 Å². The molecule has 0 saturated carbocycles. The smallest absolute Gasteiger partial charge is 0.255 e. The van der Waals surface area contributed by atoms with Crippen molar-refractivity contribution >= 4 is 17.7 Å². The molecule has 6 heteroatoms. The van der Waals surface area contributed by atoms with E-state index in [1.807, 2.05) is 30.5 Å². The van der Waals surface area contributed by atoms with E-state index < -0.39 is 0 Å². The average molecular weight is 365 g/mol. The number of carbonyl (C=O) groups is 1. The number of benzene rings is 1. The second-order valence-corrected chi connectivity index (χ2v) is 7.34. The number of morpholine rings is 1. The van der Waals surface area contributed by atoms with Crippen LogP contribution in [-0.2, 0) is 9.47 Å². The minimum absolute atomic E-state index is 0.158. The Hall–Kier alpha value is -1.08. The van der Waals surface area contributed by atoms with Crippen molar-refractivity contribution in [3.63, 3.8) is 0 Å². The first-order valence-corrected chi connectivity index (χ1v) is 10.3. The molecule has 1 aromatic carbocycles. The Morgan fingerprint density at radius 3 is 2.56 bits per heavy atom. The molecule has 2 aliphatic heterocycles. The van der Waals surface area contributed by atoms with Crippen LogP contribution < -0.4 is 0 Å². The van der Waals surface area contributed by atoms with E-state index in [1.165, 1.54) is 0 Å². The number of nitrogens with zero attached hydrogens (tertiary/aromatic N) is 2. The van der Waals surface area contributed by atoms with Crippen LogP contribution in [0.25, 0.3) is 0 Å². The summed E-state index contributed by atoms with van der Waals surface area (Å²) in [5, 5.41) is 0. The summed E-state index contributed by atoms with van der Waals surface area (Å²) in [6, 6.07) is 8.21. The van der Waals surface area contributed by atoms with Gasteiger partial charge in [-0.2, -0.15) is 0 Å². The molecule has 0 N–H and O–H groups in total. The summed E-state index contributed by atoms with van der Waals surface area (Å²) in [6.07, 6.45) is 3.88. The van der Waals surface area contributed by atoms with Gasteiger partial charge in [-0.3, -0.25) is 9.69 Å². The summed E-state index contributed by atoms with van der Waals surface area (Å²) < 4.78 is 10.9. The Balaban J connectivity index is 1.73. The largest absolute Gasteiger partial charge is 0.381 e. The highest BCUT2D eigenvalue weighted by atomic mass is 32.2. The number of hydrogen-bond acceptors (Lipinski definition) is 5. The van der Waals surface area contributed by atoms with E-state index in [4.69, 9.17) is 9.47 Å². The predicted molar refractivity (Wildman–Crippen MR) is 100 cm³/mol. The molecule has 138 valence electrons. The van der Waals surface area contributed by atoms with E-state index >= 15 is 0 Å². The molecule has 2 heterocycles. The lowest BCUT2D eigenvalue weighted by atomic mass is 10.0. The summed E-state index contributed by atoms with van der Waals surface area (Å²) in [6.45, 7) is 6.67. The molecule has 0 atom stereocenters. The highest BCUT2D eigenvalue weighted by molar-refractivity contribution is 7.98. The number of hydrogen-bond donors (Lipinski definition) is 0. The number of ether oxygens (including phenoxy) is 2. The maximum atomic E-state index is 13.3.